The lowest BCUT2D eigenvalue weighted by Gasteiger charge is -2.15. The molecule has 0 bridgehead atoms. The van der Waals surface area contributed by atoms with E-state index < -0.39 is 0 Å². The van der Waals surface area contributed by atoms with Crippen molar-refractivity contribution in [1.82, 2.24) is 35.1 Å². The molecular weight excluding hydrogens is 677 g/mol. The molecule has 2 atom stereocenters. The topological polar surface area (TPSA) is 124 Å². The predicted octanol–water partition coefficient (Wildman–Crippen LogP) is 5.38. The smallest absolute Gasteiger partial charge is 0.277 e. The maximum atomic E-state index is 13.4. The number of nitrogens with zero attached hydrogens (tertiary/aromatic N) is 4. The maximum absolute atomic E-state index is 13.4. The molecule has 260 valence electrons. The van der Waals surface area contributed by atoms with Crippen LogP contribution in [0, 0.1) is 0 Å². The lowest BCUT2D eigenvalue weighted by Crippen LogP contribution is -2.35. The first-order valence-corrected chi connectivity index (χ1v) is 17.6. The Kier molecular flexibility index (Phi) is 10.2. The number of amides is 1. The Balaban J connectivity index is 1.13. The van der Waals surface area contributed by atoms with E-state index in [1.807, 2.05) is 60.8 Å². The number of nitrogens with one attached hydrogen (secondary N) is 3. The van der Waals surface area contributed by atoms with E-state index in [4.69, 9.17) is 42.8 Å². The summed E-state index contributed by atoms with van der Waals surface area (Å²) in [5.41, 5.74) is 5.63. The van der Waals surface area contributed by atoms with Gasteiger partial charge in [0.1, 0.15) is 11.3 Å². The zero-order valence-corrected chi connectivity index (χ0v) is 29.5. The maximum Gasteiger partial charge on any atom is 0.277 e. The third kappa shape index (κ3) is 7.01. The van der Waals surface area contributed by atoms with Crippen molar-refractivity contribution in [2.24, 2.45) is 7.05 Å². The predicted molar refractivity (Wildman–Crippen MR) is 195 cm³/mol. The highest BCUT2D eigenvalue weighted by atomic mass is 35.5. The monoisotopic (exact) mass is 715 g/mol. The van der Waals surface area contributed by atoms with Gasteiger partial charge < -0.3 is 25.4 Å². The Bertz CT molecular complexity index is 2110. The van der Waals surface area contributed by atoms with Gasteiger partial charge in [0.15, 0.2) is 0 Å². The van der Waals surface area contributed by atoms with Crippen LogP contribution in [0.1, 0.15) is 37.1 Å². The summed E-state index contributed by atoms with van der Waals surface area (Å²) < 4.78 is 14.6. The van der Waals surface area contributed by atoms with Crippen LogP contribution in [-0.2, 0) is 29.7 Å². The Hall–Kier alpha value is -4.26. The molecule has 11 nitrogen and oxygen atoms in total. The largest absolute Gasteiger partial charge is 0.481 e. The number of benzene rings is 2. The molecule has 0 saturated carbocycles. The van der Waals surface area contributed by atoms with Gasteiger partial charge in [-0.3, -0.25) is 14.2 Å². The third-order valence-corrected chi connectivity index (χ3v) is 10.2. The van der Waals surface area contributed by atoms with Crippen LogP contribution in [-0.4, -0.2) is 64.0 Å². The van der Waals surface area contributed by atoms with Crippen LogP contribution < -0.4 is 26.2 Å². The molecule has 7 rings (SSSR count). The Morgan fingerprint density at radius 2 is 1.70 bits per heavy atom. The molecule has 2 aliphatic rings. The van der Waals surface area contributed by atoms with Crippen molar-refractivity contribution in [3.63, 3.8) is 0 Å². The number of rotatable bonds is 12. The van der Waals surface area contributed by atoms with Crippen LogP contribution in [0.3, 0.4) is 0 Å². The van der Waals surface area contributed by atoms with Gasteiger partial charge in [-0.15, -0.1) is 0 Å². The Labute approximate surface area is 299 Å². The van der Waals surface area contributed by atoms with Crippen molar-refractivity contribution in [3.05, 3.63) is 92.6 Å². The molecule has 2 saturated heterocycles. The number of carbonyl (C=O) groups is 1. The molecule has 3 N–H and O–H groups in total. The van der Waals surface area contributed by atoms with E-state index in [1.54, 1.807) is 23.2 Å². The number of ether oxygens (including phenoxy) is 2. The zero-order valence-electron chi connectivity index (χ0n) is 28.0. The van der Waals surface area contributed by atoms with Crippen molar-refractivity contribution in [1.29, 1.82) is 0 Å². The van der Waals surface area contributed by atoms with E-state index in [0.717, 1.165) is 59.3 Å². The van der Waals surface area contributed by atoms with Crippen LogP contribution in [0.5, 0.6) is 5.88 Å². The van der Waals surface area contributed by atoms with Crippen LogP contribution in [0.15, 0.2) is 65.6 Å². The highest BCUT2D eigenvalue weighted by Gasteiger charge is 2.22. The van der Waals surface area contributed by atoms with Crippen molar-refractivity contribution in [3.8, 4) is 39.4 Å². The minimum atomic E-state index is -0.143. The van der Waals surface area contributed by atoms with Gasteiger partial charge in [-0.2, -0.15) is 5.10 Å². The van der Waals surface area contributed by atoms with Gasteiger partial charge in [-0.25, -0.2) is 9.50 Å². The average molecular weight is 717 g/mol. The van der Waals surface area contributed by atoms with E-state index >= 15 is 0 Å². The van der Waals surface area contributed by atoms with E-state index in [0.29, 0.717) is 65.6 Å². The molecule has 5 aromatic rings. The number of fused-ring (bicyclic) bond motifs is 1. The van der Waals surface area contributed by atoms with E-state index in [9.17, 15) is 9.59 Å². The minimum Gasteiger partial charge on any atom is -0.481 e. The van der Waals surface area contributed by atoms with Crippen LogP contribution in [0.25, 0.3) is 39.0 Å². The van der Waals surface area contributed by atoms with Gasteiger partial charge in [0.25, 0.3) is 5.56 Å². The first-order chi connectivity index (χ1) is 24.3. The molecular formula is C37H39Cl2N7O4. The summed E-state index contributed by atoms with van der Waals surface area (Å²) in [6.07, 6.45) is 5.54. The average Bonchev–Trinajstić information content (AvgIpc) is 3.89. The van der Waals surface area contributed by atoms with Gasteiger partial charge in [0, 0.05) is 85.3 Å². The Morgan fingerprint density at radius 3 is 2.42 bits per heavy atom. The van der Waals surface area contributed by atoms with E-state index in [2.05, 4.69) is 16.0 Å². The second kappa shape index (κ2) is 14.9. The quantitative estimate of drug-likeness (QED) is 0.157. The van der Waals surface area contributed by atoms with Gasteiger partial charge in [-0.05, 0) is 31.4 Å². The van der Waals surface area contributed by atoms with Crippen molar-refractivity contribution < 1.29 is 14.3 Å². The first kappa shape index (κ1) is 34.2. The number of aromatic nitrogens is 4. The number of hydrogen-bond acceptors (Lipinski definition) is 8. The fourth-order valence-electron chi connectivity index (χ4n) is 6.67. The van der Waals surface area contributed by atoms with Crippen LogP contribution in [0.2, 0.25) is 10.0 Å². The summed E-state index contributed by atoms with van der Waals surface area (Å²) in [7, 11) is 3.33. The molecule has 0 spiro atoms. The second-order valence-electron chi connectivity index (χ2n) is 12.7. The van der Waals surface area contributed by atoms with Crippen molar-refractivity contribution >= 4 is 34.6 Å². The van der Waals surface area contributed by atoms with Gasteiger partial charge in [-0.1, -0.05) is 65.7 Å². The van der Waals surface area contributed by atoms with Crippen molar-refractivity contribution in [2.45, 2.75) is 50.9 Å². The molecule has 0 aliphatic carbocycles. The molecule has 2 aliphatic heterocycles. The highest BCUT2D eigenvalue weighted by molar-refractivity contribution is 6.39. The highest BCUT2D eigenvalue weighted by Crippen LogP contribution is 2.42. The number of halogens is 2. The third-order valence-electron chi connectivity index (χ3n) is 9.41. The number of hydrogen-bond donors (Lipinski definition) is 3. The van der Waals surface area contributed by atoms with E-state index in [1.165, 1.54) is 0 Å². The molecule has 0 radical (unpaired) electrons. The molecule has 13 heteroatoms. The summed E-state index contributed by atoms with van der Waals surface area (Å²) in [6.45, 7) is 3.18. The van der Waals surface area contributed by atoms with Gasteiger partial charge in [0.2, 0.25) is 11.8 Å². The molecule has 2 fully saturated rings. The summed E-state index contributed by atoms with van der Waals surface area (Å²) in [5.74, 6) is 1.22. The normalized spacial score (nSPS) is 17.5. The molecule has 3 aromatic heterocycles. The second-order valence-corrected chi connectivity index (χ2v) is 13.5. The van der Waals surface area contributed by atoms with Gasteiger partial charge in [0.05, 0.1) is 35.5 Å². The number of carbonyl (C=O) groups excluding carboxylic acids is 1. The molecule has 0 unspecified atom stereocenters. The summed E-state index contributed by atoms with van der Waals surface area (Å²) in [5, 5.41) is 15.5. The first-order valence-electron chi connectivity index (χ1n) is 16.8. The van der Waals surface area contributed by atoms with Crippen LogP contribution >= 0.6 is 23.2 Å². The van der Waals surface area contributed by atoms with Crippen molar-refractivity contribution in [2.75, 3.05) is 26.8 Å². The molecule has 50 heavy (non-hydrogen) atoms. The summed E-state index contributed by atoms with van der Waals surface area (Å²) in [4.78, 5) is 29.7. The SMILES string of the molecule is COc1nc(-c2cccc(-c3cccc(-c4cc5c(=O)n(C)c(CNC[C@H]6CCCO6)nn5c4)c3Cl)c2Cl)ccc1CNC[C@H]1CCC(=O)N1. The lowest BCUT2D eigenvalue weighted by molar-refractivity contribution is -0.119. The number of pyridine rings is 1. The standard InChI is InChI=1S/C37H39Cl2N7O4/c1-45-32(20-41-19-25-6-5-15-50-25)44-46-21-23(16-31(46)37(45)48)26-7-3-8-27(34(26)38)28-9-4-10-29(35(28)39)30-13-11-22(36(43-30)49-2)17-40-18-24-12-14-33(47)42-24/h3-4,7-11,13,16,21,24-25,40-41H,5-6,12,14-15,17-20H2,1-2H3,(H,42,47)/t24-,25-/m1/s1. The molecule has 1 amide bonds. The number of methoxy groups -OCH3 is 1. The summed E-state index contributed by atoms with van der Waals surface area (Å²) in [6, 6.07) is 17.4. The Morgan fingerprint density at radius 1 is 0.960 bits per heavy atom. The fourth-order valence-corrected chi connectivity index (χ4v) is 7.33. The fraction of sp³-hybridized carbons (Fsp3) is 0.351. The van der Waals surface area contributed by atoms with Crippen LogP contribution in [0.4, 0.5) is 0 Å². The van der Waals surface area contributed by atoms with Gasteiger partial charge >= 0.3 is 0 Å². The zero-order chi connectivity index (χ0) is 34.8. The lowest BCUT2D eigenvalue weighted by atomic mass is 9.97. The molecule has 2 aromatic carbocycles. The molecule has 5 heterocycles. The van der Waals surface area contributed by atoms with E-state index in [-0.39, 0.29) is 23.6 Å². The summed E-state index contributed by atoms with van der Waals surface area (Å²) >= 11 is 14.2. The minimum absolute atomic E-state index is 0.0960.